The fraction of sp³-hybridized carbons (Fsp3) is 0.467. The van der Waals surface area contributed by atoms with Crippen LogP contribution in [0.2, 0.25) is 0 Å². The van der Waals surface area contributed by atoms with Crippen molar-refractivity contribution >= 4 is 17.6 Å². The summed E-state index contributed by atoms with van der Waals surface area (Å²) in [5.41, 5.74) is 2.96. The maximum atomic E-state index is 12.3. The number of carboxylic acids is 1. The number of ether oxygens (including phenoxy) is 1. The first-order valence-electron chi connectivity index (χ1n) is 6.62. The number of carbonyl (C=O) groups is 2. The molecule has 0 bridgehead atoms. The number of amides is 1. The fourth-order valence-electron chi connectivity index (χ4n) is 2.49. The summed E-state index contributed by atoms with van der Waals surface area (Å²) in [5, 5.41) is 8.89. The number of likely N-dealkylation sites (N-methyl/N-ethyl adjacent to an activating group) is 1. The van der Waals surface area contributed by atoms with Crippen molar-refractivity contribution in [3.8, 4) is 0 Å². The van der Waals surface area contributed by atoms with Gasteiger partial charge in [-0.25, -0.2) is 4.79 Å². The molecule has 1 amide bonds. The molecule has 1 heterocycles. The van der Waals surface area contributed by atoms with Crippen molar-refractivity contribution in [2.45, 2.75) is 38.9 Å². The van der Waals surface area contributed by atoms with Gasteiger partial charge < -0.3 is 14.7 Å². The summed E-state index contributed by atoms with van der Waals surface area (Å²) in [6.07, 6.45) is -0.698. The summed E-state index contributed by atoms with van der Waals surface area (Å²) in [7, 11) is 1.69. The topological polar surface area (TPSA) is 66.8 Å². The monoisotopic (exact) mass is 277 g/mol. The molecule has 1 aromatic rings. The van der Waals surface area contributed by atoms with Gasteiger partial charge in [-0.3, -0.25) is 4.79 Å². The number of aliphatic carboxylic acids is 1. The van der Waals surface area contributed by atoms with Crippen molar-refractivity contribution in [1.82, 2.24) is 0 Å². The van der Waals surface area contributed by atoms with Crippen molar-refractivity contribution < 1.29 is 19.4 Å². The number of nitrogens with zero attached hydrogens (tertiary/aromatic N) is 1. The average molecular weight is 277 g/mol. The van der Waals surface area contributed by atoms with E-state index < -0.39 is 18.2 Å². The molecule has 1 aliphatic rings. The molecule has 0 aromatic heterocycles. The van der Waals surface area contributed by atoms with E-state index in [4.69, 9.17) is 9.84 Å². The van der Waals surface area contributed by atoms with E-state index in [0.29, 0.717) is 12.8 Å². The SMILES string of the molecule is Cc1cc(C)cc(N(C)C(=O)[C@@H]2CC[C@H](C(=O)O)O2)c1. The van der Waals surface area contributed by atoms with Gasteiger partial charge in [-0.05, 0) is 49.9 Å². The largest absolute Gasteiger partial charge is 0.479 e. The van der Waals surface area contributed by atoms with Crippen LogP contribution in [0.3, 0.4) is 0 Å². The zero-order valence-electron chi connectivity index (χ0n) is 11.9. The third-order valence-corrected chi connectivity index (χ3v) is 3.49. The van der Waals surface area contributed by atoms with Gasteiger partial charge in [-0.1, -0.05) is 6.07 Å². The van der Waals surface area contributed by atoms with Crippen LogP contribution in [0.5, 0.6) is 0 Å². The molecular formula is C15H19NO4. The lowest BCUT2D eigenvalue weighted by molar-refractivity contribution is -0.151. The van der Waals surface area contributed by atoms with E-state index in [9.17, 15) is 9.59 Å². The van der Waals surface area contributed by atoms with E-state index in [0.717, 1.165) is 16.8 Å². The van der Waals surface area contributed by atoms with Crippen molar-refractivity contribution in [3.05, 3.63) is 29.3 Å². The zero-order chi connectivity index (χ0) is 14.9. The van der Waals surface area contributed by atoms with Crippen LogP contribution in [-0.2, 0) is 14.3 Å². The predicted molar refractivity (Wildman–Crippen MR) is 74.9 cm³/mol. The van der Waals surface area contributed by atoms with Gasteiger partial charge in [0.05, 0.1) is 0 Å². The number of benzene rings is 1. The molecule has 1 aromatic carbocycles. The summed E-state index contributed by atoms with van der Waals surface area (Å²) in [5.74, 6) is -1.20. The highest BCUT2D eigenvalue weighted by Gasteiger charge is 2.36. The minimum atomic E-state index is -1.01. The fourth-order valence-corrected chi connectivity index (χ4v) is 2.49. The lowest BCUT2D eigenvalue weighted by Gasteiger charge is -2.22. The van der Waals surface area contributed by atoms with E-state index in [1.807, 2.05) is 32.0 Å². The van der Waals surface area contributed by atoms with Crippen LogP contribution in [-0.4, -0.2) is 36.2 Å². The average Bonchev–Trinajstić information content (AvgIpc) is 2.85. The van der Waals surface area contributed by atoms with Crippen LogP contribution in [0, 0.1) is 13.8 Å². The van der Waals surface area contributed by atoms with Gasteiger partial charge in [0, 0.05) is 12.7 Å². The van der Waals surface area contributed by atoms with Gasteiger partial charge in [0.15, 0.2) is 6.10 Å². The summed E-state index contributed by atoms with van der Waals surface area (Å²) in [4.78, 5) is 24.7. The third kappa shape index (κ3) is 2.99. The van der Waals surface area contributed by atoms with E-state index in [-0.39, 0.29) is 5.91 Å². The Morgan fingerprint density at radius 2 is 1.70 bits per heavy atom. The van der Waals surface area contributed by atoms with Crippen molar-refractivity contribution in [2.75, 3.05) is 11.9 Å². The predicted octanol–water partition coefficient (Wildman–Crippen LogP) is 1.90. The second-order valence-electron chi connectivity index (χ2n) is 5.27. The molecule has 0 radical (unpaired) electrons. The molecular weight excluding hydrogens is 258 g/mol. The van der Waals surface area contributed by atoms with Crippen LogP contribution < -0.4 is 4.90 Å². The number of hydrogen-bond acceptors (Lipinski definition) is 3. The number of aryl methyl sites for hydroxylation is 2. The minimum absolute atomic E-state index is 0.196. The molecule has 1 fully saturated rings. The molecule has 0 spiro atoms. The molecule has 5 heteroatoms. The van der Waals surface area contributed by atoms with Gasteiger partial charge in [0.2, 0.25) is 0 Å². The quantitative estimate of drug-likeness (QED) is 0.916. The number of carbonyl (C=O) groups excluding carboxylic acids is 1. The first-order valence-corrected chi connectivity index (χ1v) is 6.62. The van der Waals surface area contributed by atoms with Gasteiger partial charge >= 0.3 is 5.97 Å². The van der Waals surface area contributed by atoms with Gasteiger partial charge in [-0.2, -0.15) is 0 Å². The van der Waals surface area contributed by atoms with Gasteiger partial charge in [0.25, 0.3) is 5.91 Å². The Labute approximate surface area is 118 Å². The highest BCUT2D eigenvalue weighted by atomic mass is 16.5. The Kier molecular flexibility index (Phi) is 4.09. The highest BCUT2D eigenvalue weighted by molar-refractivity contribution is 5.96. The van der Waals surface area contributed by atoms with Crippen LogP contribution in [0.4, 0.5) is 5.69 Å². The summed E-state index contributed by atoms with van der Waals surface area (Å²) < 4.78 is 5.30. The van der Waals surface area contributed by atoms with Gasteiger partial charge in [0.1, 0.15) is 6.10 Å². The second-order valence-corrected chi connectivity index (χ2v) is 5.27. The molecule has 5 nitrogen and oxygen atoms in total. The standard InChI is InChI=1S/C15H19NO4/c1-9-6-10(2)8-11(7-9)16(3)14(17)12-4-5-13(20-12)15(18)19/h6-8,12-13H,4-5H2,1-3H3,(H,18,19)/t12-,13+/m0/s1. The van der Waals surface area contributed by atoms with E-state index in [1.165, 1.54) is 4.90 Å². The Bertz CT molecular complexity index is 520. The van der Waals surface area contributed by atoms with Crippen LogP contribution >= 0.6 is 0 Å². The van der Waals surface area contributed by atoms with Crippen molar-refractivity contribution in [2.24, 2.45) is 0 Å². The van der Waals surface area contributed by atoms with Crippen molar-refractivity contribution in [3.63, 3.8) is 0 Å². The highest BCUT2D eigenvalue weighted by Crippen LogP contribution is 2.24. The maximum Gasteiger partial charge on any atom is 0.332 e. The molecule has 1 N–H and O–H groups in total. The Hall–Kier alpha value is -1.88. The first-order chi connectivity index (χ1) is 9.38. The molecule has 2 rings (SSSR count). The number of carboxylic acid groups (broad SMARTS) is 1. The Balaban J connectivity index is 2.11. The molecule has 1 saturated heterocycles. The second kappa shape index (κ2) is 5.63. The Morgan fingerprint density at radius 1 is 1.15 bits per heavy atom. The van der Waals surface area contributed by atoms with Crippen molar-refractivity contribution in [1.29, 1.82) is 0 Å². The van der Waals surface area contributed by atoms with Crippen LogP contribution in [0.25, 0.3) is 0 Å². The van der Waals surface area contributed by atoms with Crippen LogP contribution in [0.1, 0.15) is 24.0 Å². The molecule has 108 valence electrons. The number of hydrogen-bond donors (Lipinski definition) is 1. The molecule has 0 unspecified atom stereocenters. The lowest BCUT2D eigenvalue weighted by Crippen LogP contribution is -2.37. The normalized spacial score (nSPS) is 21.8. The smallest absolute Gasteiger partial charge is 0.332 e. The molecule has 0 saturated carbocycles. The summed E-state index contributed by atoms with van der Waals surface area (Å²) >= 11 is 0. The Morgan fingerprint density at radius 3 is 2.20 bits per heavy atom. The van der Waals surface area contributed by atoms with E-state index in [1.54, 1.807) is 7.05 Å². The number of anilines is 1. The number of rotatable bonds is 3. The molecule has 20 heavy (non-hydrogen) atoms. The third-order valence-electron chi connectivity index (χ3n) is 3.49. The molecule has 1 aliphatic heterocycles. The molecule has 0 aliphatic carbocycles. The lowest BCUT2D eigenvalue weighted by atomic mass is 10.1. The van der Waals surface area contributed by atoms with Gasteiger partial charge in [-0.15, -0.1) is 0 Å². The molecule has 2 atom stereocenters. The zero-order valence-corrected chi connectivity index (χ0v) is 11.9. The summed E-state index contributed by atoms with van der Waals surface area (Å²) in [6, 6.07) is 5.89. The van der Waals surface area contributed by atoms with E-state index in [2.05, 4.69) is 0 Å². The van der Waals surface area contributed by atoms with Crippen LogP contribution in [0.15, 0.2) is 18.2 Å². The first kappa shape index (κ1) is 14.5. The van der Waals surface area contributed by atoms with E-state index >= 15 is 0 Å². The maximum absolute atomic E-state index is 12.3. The minimum Gasteiger partial charge on any atom is -0.479 e. The summed E-state index contributed by atoms with van der Waals surface area (Å²) in [6.45, 7) is 3.95.